The van der Waals surface area contributed by atoms with Gasteiger partial charge in [-0.2, -0.15) is 0 Å². The van der Waals surface area contributed by atoms with Crippen LogP contribution in [0.15, 0.2) is 53.7 Å². The summed E-state index contributed by atoms with van der Waals surface area (Å²) in [7, 11) is 0. The van der Waals surface area contributed by atoms with E-state index in [0.717, 1.165) is 17.0 Å². The van der Waals surface area contributed by atoms with Crippen molar-refractivity contribution in [1.29, 1.82) is 0 Å². The first kappa shape index (κ1) is 18.1. The highest BCUT2D eigenvalue weighted by molar-refractivity contribution is 7.99. The standard InChI is InChI=1S/C19H19FN4OS/c1-3-24-18(14-6-4-5-13(2)11-14)22-23-19(24)26-12-17(25)21-16-9-7-15(20)8-10-16/h4-11H,3,12H2,1-2H3,(H,21,25). The smallest absolute Gasteiger partial charge is 0.234 e. The quantitative estimate of drug-likeness (QED) is 0.663. The van der Waals surface area contributed by atoms with Crippen LogP contribution in [0.25, 0.3) is 11.4 Å². The van der Waals surface area contributed by atoms with E-state index in [1.54, 1.807) is 0 Å². The summed E-state index contributed by atoms with van der Waals surface area (Å²) in [4.78, 5) is 12.1. The Balaban J connectivity index is 1.68. The van der Waals surface area contributed by atoms with Crippen LogP contribution in [-0.4, -0.2) is 26.4 Å². The second kappa shape index (κ2) is 8.14. The molecule has 2 aromatic carbocycles. The molecule has 5 nitrogen and oxygen atoms in total. The maximum Gasteiger partial charge on any atom is 0.234 e. The minimum atomic E-state index is -0.336. The lowest BCUT2D eigenvalue weighted by Gasteiger charge is -2.08. The van der Waals surface area contributed by atoms with Gasteiger partial charge in [-0.05, 0) is 44.2 Å². The van der Waals surface area contributed by atoms with E-state index < -0.39 is 0 Å². The van der Waals surface area contributed by atoms with Crippen LogP contribution in [0.3, 0.4) is 0 Å². The number of hydrogen-bond donors (Lipinski definition) is 1. The van der Waals surface area contributed by atoms with Crippen LogP contribution >= 0.6 is 11.8 Å². The second-order valence-electron chi connectivity index (χ2n) is 5.76. The van der Waals surface area contributed by atoms with Gasteiger partial charge in [0.1, 0.15) is 5.82 Å². The van der Waals surface area contributed by atoms with Crippen molar-refractivity contribution in [3.8, 4) is 11.4 Å². The van der Waals surface area contributed by atoms with Crippen molar-refractivity contribution in [1.82, 2.24) is 14.8 Å². The molecule has 0 unspecified atom stereocenters. The third kappa shape index (κ3) is 4.29. The molecule has 0 spiro atoms. The van der Waals surface area contributed by atoms with Crippen molar-refractivity contribution in [2.45, 2.75) is 25.5 Å². The highest BCUT2D eigenvalue weighted by Gasteiger charge is 2.14. The van der Waals surface area contributed by atoms with Gasteiger partial charge in [-0.25, -0.2) is 4.39 Å². The molecule has 1 aromatic heterocycles. The minimum absolute atomic E-state index is 0.177. The number of nitrogens with one attached hydrogen (secondary N) is 1. The molecule has 0 aliphatic carbocycles. The number of nitrogens with zero attached hydrogens (tertiary/aromatic N) is 3. The van der Waals surface area contributed by atoms with E-state index >= 15 is 0 Å². The SMILES string of the molecule is CCn1c(SCC(=O)Nc2ccc(F)cc2)nnc1-c1cccc(C)c1. The van der Waals surface area contributed by atoms with Crippen LogP contribution in [0.1, 0.15) is 12.5 Å². The summed E-state index contributed by atoms with van der Waals surface area (Å²) in [5.74, 6) is 0.475. The van der Waals surface area contributed by atoms with E-state index in [-0.39, 0.29) is 17.5 Å². The van der Waals surface area contributed by atoms with Gasteiger partial charge < -0.3 is 9.88 Å². The molecule has 0 saturated heterocycles. The molecule has 3 aromatic rings. The molecule has 1 heterocycles. The fourth-order valence-electron chi connectivity index (χ4n) is 2.54. The summed E-state index contributed by atoms with van der Waals surface area (Å²) in [5, 5.41) is 12.0. The highest BCUT2D eigenvalue weighted by atomic mass is 32.2. The molecule has 3 rings (SSSR count). The van der Waals surface area contributed by atoms with E-state index in [1.165, 1.54) is 36.0 Å². The van der Waals surface area contributed by atoms with Crippen molar-refractivity contribution >= 4 is 23.4 Å². The Morgan fingerprint density at radius 1 is 1.19 bits per heavy atom. The third-order valence-electron chi connectivity index (χ3n) is 3.77. The van der Waals surface area contributed by atoms with Gasteiger partial charge in [0, 0.05) is 17.8 Å². The lowest BCUT2D eigenvalue weighted by Crippen LogP contribution is -2.14. The van der Waals surface area contributed by atoms with Crippen LogP contribution in [0.5, 0.6) is 0 Å². The fourth-order valence-corrected chi connectivity index (χ4v) is 3.34. The summed E-state index contributed by atoms with van der Waals surface area (Å²) >= 11 is 1.33. The number of carbonyl (C=O) groups excluding carboxylic acids is 1. The molecule has 0 aliphatic heterocycles. The van der Waals surface area contributed by atoms with E-state index in [4.69, 9.17) is 0 Å². The van der Waals surface area contributed by atoms with Crippen molar-refractivity contribution in [3.05, 3.63) is 59.9 Å². The van der Waals surface area contributed by atoms with Gasteiger partial charge in [-0.15, -0.1) is 10.2 Å². The zero-order valence-electron chi connectivity index (χ0n) is 14.6. The maximum absolute atomic E-state index is 12.9. The number of benzene rings is 2. The molecule has 0 fully saturated rings. The molecule has 26 heavy (non-hydrogen) atoms. The number of aryl methyl sites for hydroxylation is 1. The van der Waals surface area contributed by atoms with Gasteiger partial charge in [0.2, 0.25) is 5.91 Å². The number of carbonyl (C=O) groups is 1. The summed E-state index contributed by atoms with van der Waals surface area (Å²) in [6.07, 6.45) is 0. The molecule has 0 bridgehead atoms. The largest absolute Gasteiger partial charge is 0.325 e. The Morgan fingerprint density at radius 2 is 1.96 bits per heavy atom. The predicted octanol–water partition coefficient (Wildman–Crippen LogP) is 4.14. The Labute approximate surface area is 155 Å². The Bertz CT molecular complexity index is 908. The van der Waals surface area contributed by atoms with E-state index in [2.05, 4.69) is 21.6 Å². The Morgan fingerprint density at radius 3 is 2.65 bits per heavy atom. The van der Waals surface area contributed by atoms with Crippen LogP contribution in [0.4, 0.5) is 10.1 Å². The lowest BCUT2D eigenvalue weighted by molar-refractivity contribution is -0.113. The van der Waals surface area contributed by atoms with Gasteiger partial charge in [-0.3, -0.25) is 4.79 Å². The summed E-state index contributed by atoms with van der Waals surface area (Å²) in [5.41, 5.74) is 2.72. The molecule has 1 amide bonds. The number of anilines is 1. The first-order valence-electron chi connectivity index (χ1n) is 8.25. The maximum atomic E-state index is 12.9. The van der Waals surface area contributed by atoms with E-state index in [9.17, 15) is 9.18 Å². The topological polar surface area (TPSA) is 59.8 Å². The average Bonchev–Trinajstić information content (AvgIpc) is 3.05. The average molecular weight is 370 g/mol. The van der Waals surface area contributed by atoms with Crippen molar-refractivity contribution in [2.24, 2.45) is 0 Å². The van der Waals surface area contributed by atoms with Crippen molar-refractivity contribution in [3.63, 3.8) is 0 Å². The molecule has 1 N–H and O–H groups in total. The molecular weight excluding hydrogens is 351 g/mol. The first-order valence-corrected chi connectivity index (χ1v) is 9.24. The Kier molecular flexibility index (Phi) is 5.68. The third-order valence-corrected chi connectivity index (χ3v) is 4.74. The van der Waals surface area contributed by atoms with E-state index in [0.29, 0.717) is 17.4 Å². The number of amides is 1. The molecule has 134 valence electrons. The monoisotopic (exact) mass is 370 g/mol. The van der Waals surface area contributed by atoms with Crippen LogP contribution < -0.4 is 5.32 Å². The van der Waals surface area contributed by atoms with Crippen LogP contribution in [-0.2, 0) is 11.3 Å². The van der Waals surface area contributed by atoms with E-state index in [1.807, 2.05) is 36.6 Å². The number of rotatable bonds is 6. The number of halogens is 1. The molecule has 0 aliphatic rings. The van der Waals surface area contributed by atoms with Gasteiger partial charge >= 0.3 is 0 Å². The van der Waals surface area contributed by atoms with Gasteiger partial charge in [0.05, 0.1) is 5.75 Å². The highest BCUT2D eigenvalue weighted by Crippen LogP contribution is 2.24. The minimum Gasteiger partial charge on any atom is -0.325 e. The summed E-state index contributed by atoms with van der Waals surface area (Å²) in [6.45, 7) is 4.76. The van der Waals surface area contributed by atoms with Crippen molar-refractivity contribution in [2.75, 3.05) is 11.1 Å². The normalized spacial score (nSPS) is 10.7. The number of thioether (sulfide) groups is 1. The summed E-state index contributed by atoms with van der Waals surface area (Å²) in [6, 6.07) is 13.8. The number of aromatic nitrogens is 3. The van der Waals surface area contributed by atoms with Crippen molar-refractivity contribution < 1.29 is 9.18 Å². The van der Waals surface area contributed by atoms with Crippen LogP contribution in [0.2, 0.25) is 0 Å². The molecule has 0 radical (unpaired) electrons. The first-order chi connectivity index (χ1) is 12.6. The van der Waals surface area contributed by atoms with Gasteiger partial charge in [0.15, 0.2) is 11.0 Å². The lowest BCUT2D eigenvalue weighted by atomic mass is 10.1. The van der Waals surface area contributed by atoms with Gasteiger partial charge in [-0.1, -0.05) is 35.5 Å². The molecule has 0 atom stereocenters. The fraction of sp³-hybridized carbons (Fsp3) is 0.211. The molecule has 7 heteroatoms. The zero-order chi connectivity index (χ0) is 18.5. The molecule has 0 saturated carbocycles. The predicted molar refractivity (Wildman–Crippen MR) is 102 cm³/mol. The zero-order valence-corrected chi connectivity index (χ0v) is 15.4. The summed E-state index contributed by atoms with van der Waals surface area (Å²) < 4.78 is 14.9. The molecular formula is C19H19FN4OS. The Hall–Kier alpha value is -2.67. The second-order valence-corrected chi connectivity index (χ2v) is 6.71. The van der Waals surface area contributed by atoms with Gasteiger partial charge in [0.25, 0.3) is 0 Å². The van der Waals surface area contributed by atoms with Crippen LogP contribution in [0, 0.1) is 12.7 Å². The number of hydrogen-bond acceptors (Lipinski definition) is 4.